The summed E-state index contributed by atoms with van der Waals surface area (Å²) in [6.07, 6.45) is -0.0330. The number of benzene rings is 2. The van der Waals surface area contributed by atoms with E-state index < -0.39 is 17.4 Å². The summed E-state index contributed by atoms with van der Waals surface area (Å²) in [7, 11) is 0. The Balaban J connectivity index is 1.73. The van der Waals surface area contributed by atoms with Crippen LogP contribution >= 0.6 is 23.4 Å². The fourth-order valence-corrected chi connectivity index (χ4v) is 3.38. The van der Waals surface area contributed by atoms with Crippen LogP contribution in [0.3, 0.4) is 0 Å². The standard InChI is InChI=1S/C17H13ClF2N2O3S/c18-10-4-3-5-11(15(10)26-16(19)20)21-14(23)8-9-22-12-6-1-2-7-13(12)25-17(22)24/h1-7,16H,8-9H2,(H,21,23). The molecule has 0 atom stereocenters. The molecular weight excluding hydrogens is 386 g/mol. The molecule has 0 bridgehead atoms. The quantitative estimate of drug-likeness (QED) is 0.617. The molecule has 5 nitrogen and oxygen atoms in total. The van der Waals surface area contributed by atoms with Gasteiger partial charge in [0, 0.05) is 13.0 Å². The zero-order chi connectivity index (χ0) is 18.7. The lowest BCUT2D eigenvalue weighted by Crippen LogP contribution is -2.20. The second-order valence-corrected chi connectivity index (χ2v) is 6.69. The van der Waals surface area contributed by atoms with E-state index in [2.05, 4.69) is 5.32 Å². The van der Waals surface area contributed by atoms with Gasteiger partial charge in [-0.2, -0.15) is 8.78 Å². The maximum atomic E-state index is 12.7. The van der Waals surface area contributed by atoms with E-state index in [1.165, 1.54) is 16.7 Å². The third-order valence-corrected chi connectivity index (χ3v) is 4.86. The van der Waals surface area contributed by atoms with Crippen molar-refractivity contribution in [1.29, 1.82) is 0 Å². The number of hydrogen-bond acceptors (Lipinski definition) is 4. The van der Waals surface area contributed by atoms with E-state index in [0.717, 1.165) is 0 Å². The summed E-state index contributed by atoms with van der Waals surface area (Å²) in [5.74, 6) is -3.65. The largest absolute Gasteiger partial charge is 0.419 e. The molecule has 1 amide bonds. The van der Waals surface area contributed by atoms with Crippen molar-refractivity contribution in [3.63, 3.8) is 0 Å². The maximum Gasteiger partial charge on any atom is 0.419 e. The van der Waals surface area contributed by atoms with Crippen molar-refractivity contribution in [2.45, 2.75) is 23.6 Å². The van der Waals surface area contributed by atoms with Crippen molar-refractivity contribution in [2.24, 2.45) is 0 Å². The number of carbonyl (C=O) groups is 1. The van der Waals surface area contributed by atoms with E-state index in [0.29, 0.717) is 11.1 Å². The minimum absolute atomic E-state index is 0.0330. The molecular formula is C17H13ClF2N2O3S. The van der Waals surface area contributed by atoms with Gasteiger partial charge in [0.2, 0.25) is 5.91 Å². The number of hydrogen-bond donors (Lipinski definition) is 1. The molecule has 0 spiro atoms. The number of nitrogens with one attached hydrogen (secondary N) is 1. The van der Waals surface area contributed by atoms with Gasteiger partial charge in [-0.25, -0.2) is 4.79 Å². The van der Waals surface area contributed by atoms with Crippen molar-refractivity contribution < 1.29 is 18.0 Å². The molecule has 2 aromatic carbocycles. The molecule has 136 valence electrons. The van der Waals surface area contributed by atoms with Gasteiger partial charge in [-0.05, 0) is 24.3 Å². The van der Waals surface area contributed by atoms with Crippen molar-refractivity contribution >= 4 is 46.1 Å². The van der Waals surface area contributed by atoms with Crippen LogP contribution < -0.4 is 11.1 Å². The van der Waals surface area contributed by atoms with Crippen LogP contribution in [0.1, 0.15) is 6.42 Å². The fourth-order valence-electron chi connectivity index (χ4n) is 2.47. The molecule has 0 aliphatic rings. The number of para-hydroxylation sites is 2. The number of amides is 1. The zero-order valence-corrected chi connectivity index (χ0v) is 14.8. The average Bonchev–Trinajstić information content (AvgIpc) is 2.91. The molecule has 0 saturated heterocycles. The molecule has 9 heteroatoms. The molecule has 3 rings (SSSR count). The highest BCUT2D eigenvalue weighted by Crippen LogP contribution is 2.37. The van der Waals surface area contributed by atoms with E-state index in [4.69, 9.17) is 16.0 Å². The van der Waals surface area contributed by atoms with Gasteiger partial charge in [0.05, 0.1) is 21.1 Å². The normalized spacial score (nSPS) is 11.2. The lowest BCUT2D eigenvalue weighted by Gasteiger charge is -2.12. The van der Waals surface area contributed by atoms with Gasteiger partial charge in [-0.1, -0.05) is 41.6 Å². The summed E-state index contributed by atoms with van der Waals surface area (Å²) in [6, 6.07) is 11.4. The molecule has 26 heavy (non-hydrogen) atoms. The number of rotatable bonds is 6. The summed E-state index contributed by atoms with van der Waals surface area (Å²) in [6.45, 7) is 0.0968. The molecule has 0 aliphatic carbocycles. The van der Waals surface area contributed by atoms with Crippen LogP contribution in [-0.4, -0.2) is 16.2 Å². The van der Waals surface area contributed by atoms with Crippen LogP contribution in [0.25, 0.3) is 11.1 Å². The Labute approximate surface area is 155 Å². The number of anilines is 1. The predicted molar refractivity (Wildman–Crippen MR) is 97.0 cm³/mol. The van der Waals surface area contributed by atoms with Crippen LogP contribution in [0.2, 0.25) is 5.02 Å². The number of aryl methyl sites for hydroxylation is 1. The third-order valence-electron chi connectivity index (χ3n) is 3.58. The summed E-state index contributed by atoms with van der Waals surface area (Å²) in [5.41, 5.74) is 1.22. The number of thioether (sulfide) groups is 1. The second kappa shape index (κ2) is 7.92. The SMILES string of the molecule is O=C(CCn1c(=O)oc2ccccc21)Nc1cccc(Cl)c1SC(F)F. The molecule has 0 radical (unpaired) electrons. The molecule has 0 saturated carbocycles. The Bertz CT molecular complexity index is 1000. The van der Waals surface area contributed by atoms with Gasteiger partial charge in [0.25, 0.3) is 5.76 Å². The van der Waals surface area contributed by atoms with Gasteiger partial charge < -0.3 is 9.73 Å². The van der Waals surface area contributed by atoms with Crippen molar-refractivity contribution in [2.75, 3.05) is 5.32 Å². The van der Waals surface area contributed by atoms with Gasteiger partial charge in [-0.3, -0.25) is 9.36 Å². The number of carbonyl (C=O) groups excluding carboxylic acids is 1. The van der Waals surface area contributed by atoms with Crippen molar-refractivity contribution in [3.05, 3.63) is 58.0 Å². The van der Waals surface area contributed by atoms with Crippen LogP contribution in [0.15, 0.2) is 56.6 Å². The number of oxazole rings is 1. The van der Waals surface area contributed by atoms with E-state index in [1.54, 1.807) is 30.3 Å². The highest BCUT2D eigenvalue weighted by molar-refractivity contribution is 7.99. The lowest BCUT2D eigenvalue weighted by atomic mass is 10.3. The first-order valence-electron chi connectivity index (χ1n) is 7.57. The highest BCUT2D eigenvalue weighted by atomic mass is 35.5. The van der Waals surface area contributed by atoms with Gasteiger partial charge in [0.1, 0.15) is 0 Å². The lowest BCUT2D eigenvalue weighted by molar-refractivity contribution is -0.116. The molecule has 0 unspecified atom stereocenters. The summed E-state index contributed by atoms with van der Waals surface area (Å²) in [5, 5.41) is 2.69. The van der Waals surface area contributed by atoms with E-state index in [-0.39, 0.29) is 40.3 Å². The first-order chi connectivity index (χ1) is 12.5. The number of aromatic nitrogens is 1. The fraction of sp³-hybridized carbons (Fsp3) is 0.176. The van der Waals surface area contributed by atoms with Crippen LogP contribution in [0.4, 0.5) is 14.5 Å². The first-order valence-corrected chi connectivity index (χ1v) is 8.83. The minimum atomic E-state index is -2.67. The maximum absolute atomic E-state index is 12.7. The Morgan fingerprint density at radius 3 is 2.77 bits per heavy atom. The number of fused-ring (bicyclic) bond motifs is 1. The molecule has 0 aliphatic heterocycles. The molecule has 1 N–H and O–H groups in total. The molecule has 1 heterocycles. The summed E-state index contributed by atoms with van der Waals surface area (Å²) < 4.78 is 31.8. The molecule has 1 aromatic heterocycles. The number of alkyl halides is 2. The van der Waals surface area contributed by atoms with Gasteiger partial charge >= 0.3 is 5.76 Å². The Morgan fingerprint density at radius 1 is 1.23 bits per heavy atom. The van der Waals surface area contributed by atoms with Gasteiger partial charge in [0.15, 0.2) is 5.58 Å². The monoisotopic (exact) mass is 398 g/mol. The average molecular weight is 399 g/mol. The zero-order valence-electron chi connectivity index (χ0n) is 13.2. The number of nitrogens with zero attached hydrogens (tertiary/aromatic N) is 1. The van der Waals surface area contributed by atoms with Gasteiger partial charge in [-0.15, -0.1) is 0 Å². The first kappa shape index (κ1) is 18.5. The van der Waals surface area contributed by atoms with Crippen molar-refractivity contribution in [1.82, 2.24) is 4.57 Å². The third kappa shape index (κ3) is 4.08. The molecule has 3 aromatic rings. The predicted octanol–water partition coefficient (Wildman–Crippen LogP) is 4.59. The van der Waals surface area contributed by atoms with Crippen LogP contribution in [0, 0.1) is 0 Å². The smallest absolute Gasteiger partial charge is 0.408 e. The Kier molecular flexibility index (Phi) is 5.63. The van der Waals surface area contributed by atoms with E-state index >= 15 is 0 Å². The van der Waals surface area contributed by atoms with Crippen molar-refractivity contribution in [3.8, 4) is 0 Å². The Morgan fingerprint density at radius 2 is 2.00 bits per heavy atom. The topological polar surface area (TPSA) is 64.2 Å². The number of halogens is 3. The van der Waals surface area contributed by atoms with Crippen LogP contribution in [-0.2, 0) is 11.3 Å². The second-order valence-electron chi connectivity index (χ2n) is 5.28. The summed E-state index contributed by atoms with van der Waals surface area (Å²) >= 11 is 6.20. The Hall–Kier alpha value is -2.32. The van der Waals surface area contributed by atoms with E-state index in [9.17, 15) is 18.4 Å². The summed E-state index contributed by atoms with van der Waals surface area (Å²) in [4.78, 5) is 24.2. The molecule has 0 fully saturated rings. The minimum Gasteiger partial charge on any atom is -0.408 e. The van der Waals surface area contributed by atoms with E-state index in [1.807, 2.05) is 0 Å². The van der Waals surface area contributed by atoms with Crippen LogP contribution in [0.5, 0.6) is 0 Å². The highest BCUT2D eigenvalue weighted by Gasteiger charge is 2.16.